The van der Waals surface area contributed by atoms with Gasteiger partial charge < -0.3 is 14.5 Å². The van der Waals surface area contributed by atoms with Gasteiger partial charge in [-0.1, -0.05) is 19.3 Å². The first-order chi connectivity index (χ1) is 9.24. The van der Waals surface area contributed by atoms with E-state index in [4.69, 9.17) is 4.74 Å². The van der Waals surface area contributed by atoms with Crippen LogP contribution < -0.4 is 0 Å². The Morgan fingerprint density at radius 3 is 2.68 bits per heavy atom. The summed E-state index contributed by atoms with van der Waals surface area (Å²) in [7, 11) is 2.15. The van der Waals surface area contributed by atoms with Crippen molar-refractivity contribution in [2.24, 2.45) is 11.8 Å². The van der Waals surface area contributed by atoms with Gasteiger partial charge in [0.05, 0.1) is 12.7 Å². The molecule has 4 heteroatoms. The summed E-state index contributed by atoms with van der Waals surface area (Å²) in [5, 5.41) is 0. The lowest BCUT2D eigenvalue weighted by Crippen LogP contribution is -2.37. The highest BCUT2D eigenvalue weighted by Gasteiger charge is 2.39. The minimum Gasteiger partial charge on any atom is -0.375 e. The fraction of sp³-hybridized carbons (Fsp3) is 0.933. The Labute approximate surface area is 116 Å². The molecule has 3 fully saturated rings. The Morgan fingerprint density at radius 1 is 1.11 bits per heavy atom. The van der Waals surface area contributed by atoms with Gasteiger partial charge in [0.1, 0.15) is 0 Å². The Kier molecular flexibility index (Phi) is 4.08. The molecule has 2 saturated heterocycles. The van der Waals surface area contributed by atoms with Crippen LogP contribution in [0.2, 0.25) is 0 Å². The number of rotatable bonds is 1. The summed E-state index contributed by atoms with van der Waals surface area (Å²) in [4.78, 5) is 17.0. The highest BCUT2D eigenvalue weighted by Crippen LogP contribution is 2.29. The number of hydrogen-bond acceptors (Lipinski definition) is 3. The first-order valence-electron chi connectivity index (χ1n) is 7.83. The van der Waals surface area contributed by atoms with Gasteiger partial charge in [0, 0.05) is 38.0 Å². The van der Waals surface area contributed by atoms with Gasteiger partial charge in [-0.2, -0.15) is 0 Å². The van der Waals surface area contributed by atoms with E-state index in [1.807, 2.05) is 0 Å². The average molecular weight is 266 g/mol. The quantitative estimate of drug-likeness (QED) is 0.718. The number of carbonyl (C=O) groups is 1. The van der Waals surface area contributed by atoms with Crippen molar-refractivity contribution in [3.05, 3.63) is 0 Å². The molecule has 0 aromatic carbocycles. The molecule has 1 amide bonds. The highest BCUT2D eigenvalue weighted by atomic mass is 16.5. The second kappa shape index (κ2) is 5.80. The molecule has 3 rings (SSSR count). The SMILES string of the molecule is CN1CCO[C@H]2CN(C(=O)C3CCCCC3)C[C@H]2C1. The maximum Gasteiger partial charge on any atom is 0.225 e. The van der Waals surface area contributed by atoms with Crippen molar-refractivity contribution >= 4 is 5.91 Å². The van der Waals surface area contributed by atoms with Crippen LogP contribution in [0, 0.1) is 11.8 Å². The van der Waals surface area contributed by atoms with Gasteiger partial charge in [0.2, 0.25) is 5.91 Å². The van der Waals surface area contributed by atoms with E-state index in [0.717, 1.165) is 45.6 Å². The molecule has 0 bridgehead atoms. The third kappa shape index (κ3) is 2.95. The second-order valence-electron chi connectivity index (χ2n) is 6.51. The van der Waals surface area contributed by atoms with Gasteiger partial charge in [0.15, 0.2) is 0 Å². The second-order valence-corrected chi connectivity index (χ2v) is 6.51. The predicted octanol–water partition coefficient (Wildman–Crippen LogP) is 1.36. The predicted molar refractivity (Wildman–Crippen MR) is 73.9 cm³/mol. The standard InChI is InChI=1S/C15H26N2O2/c1-16-7-8-19-14-11-17(10-13(14)9-16)15(18)12-5-3-2-4-6-12/h12-14H,2-11H2,1H3/t13-,14+/m1/s1. The minimum absolute atomic E-state index is 0.275. The molecular weight excluding hydrogens is 240 g/mol. The third-order valence-electron chi connectivity index (χ3n) is 5.00. The van der Waals surface area contributed by atoms with E-state index in [9.17, 15) is 4.79 Å². The molecule has 2 atom stereocenters. The lowest BCUT2D eigenvalue weighted by molar-refractivity contribution is -0.136. The molecule has 0 unspecified atom stereocenters. The van der Waals surface area contributed by atoms with E-state index in [1.54, 1.807) is 0 Å². The number of likely N-dealkylation sites (tertiary alicyclic amines) is 1. The van der Waals surface area contributed by atoms with Gasteiger partial charge in [-0.3, -0.25) is 4.79 Å². The van der Waals surface area contributed by atoms with Crippen LogP contribution in [0.4, 0.5) is 0 Å². The number of fused-ring (bicyclic) bond motifs is 1. The van der Waals surface area contributed by atoms with Gasteiger partial charge in [0.25, 0.3) is 0 Å². The van der Waals surface area contributed by atoms with E-state index >= 15 is 0 Å². The highest BCUT2D eigenvalue weighted by molar-refractivity contribution is 5.79. The molecule has 0 N–H and O–H groups in total. The fourth-order valence-corrected chi connectivity index (χ4v) is 3.84. The molecule has 2 aliphatic heterocycles. The number of hydrogen-bond donors (Lipinski definition) is 0. The molecule has 3 aliphatic rings. The average Bonchev–Trinajstić information content (AvgIpc) is 2.74. The molecule has 1 aliphatic carbocycles. The van der Waals surface area contributed by atoms with Crippen molar-refractivity contribution in [1.29, 1.82) is 0 Å². The lowest BCUT2D eigenvalue weighted by Gasteiger charge is -2.26. The summed E-state index contributed by atoms with van der Waals surface area (Å²) in [6.45, 7) is 4.63. The van der Waals surface area contributed by atoms with Crippen LogP contribution in [0.1, 0.15) is 32.1 Å². The van der Waals surface area contributed by atoms with E-state index < -0.39 is 0 Å². The third-order valence-corrected chi connectivity index (χ3v) is 5.00. The van der Waals surface area contributed by atoms with Gasteiger partial charge in [-0.25, -0.2) is 0 Å². The number of nitrogens with zero attached hydrogens (tertiary/aromatic N) is 2. The van der Waals surface area contributed by atoms with Crippen molar-refractivity contribution in [2.75, 3.05) is 39.8 Å². The van der Waals surface area contributed by atoms with Crippen LogP contribution in [-0.4, -0.2) is 61.6 Å². The molecule has 0 aromatic heterocycles. The Hall–Kier alpha value is -0.610. The summed E-state index contributed by atoms with van der Waals surface area (Å²) in [6, 6.07) is 0. The zero-order valence-corrected chi connectivity index (χ0v) is 12.0. The first kappa shape index (κ1) is 13.4. The zero-order valence-electron chi connectivity index (χ0n) is 12.0. The van der Waals surface area contributed by atoms with E-state index in [0.29, 0.717) is 17.7 Å². The molecular formula is C15H26N2O2. The largest absolute Gasteiger partial charge is 0.375 e. The summed E-state index contributed by atoms with van der Waals surface area (Å²) >= 11 is 0. The molecule has 4 nitrogen and oxygen atoms in total. The molecule has 108 valence electrons. The van der Waals surface area contributed by atoms with Crippen LogP contribution >= 0.6 is 0 Å². The number of ether oxygens (including phenoxy) is 1. The Morgan fingerprint density at radius 2 is 1.89 bits per heavy atom. The van der Waals surface area contributed by atoms with Crippen LogP contribution in [0.15, 0.2) is 0 Å². The zero-order chi connectivity index (χ0) is 13.2. The summed E-state index contributed by atoms with van der Waals surface area (Å²) < 4.78 is 5.93. The van der Waals surface area contributed by atoms with Crippen molar-refractivity contribution in [3.8, 4) is 0 Å². The normalized spacial score (nSPS) is 34.1. The van der Waals surface area contributed by atoms with E-state index in [2.05, 4.69) is 16.8 Å². The van der Waals surface area contributed by atoms with Gasteiger partial charge in [-0.05, 0) is 19.9 Å². The lowest BCUT2D eigenvalue weighted by atomic mass is 9.88. The number of likely N-dealkylation sites (N-methyl/N-ethyl adjacent to an activating group) is 1. The molecule has 0 spiro atoms. The van der Waals surface area contributed by atoms with Crippen molar-refractivity contribution in [3.63, 3.8) is 0 Å². The summed E-state index contributed by atoms with van der Waals surface area (Å²) in [6.07, 6.45) is 6.25. The van der Waals surface area contributed by atoms with E-state index in [1.165, 1.54) is 19.3 Å². The molecule has 2 heterocycles. The number of carbonyl (C=O) groups excluding carboxylic acids is 1. The number of amides is 1. The van der Waals surface area contributed by atoms with Crippen LogP contribution in [0.5, 0.6) is 0 Å². The van der Waals surface area contributed by atoms with Crippen LogP contribution in [0.25, 0.3) is 0 Å². The summed E-state index contributed by atoms with van der Waals surface area (Å²) in [5.74, 6) is 1.22. The van der Waals surface area contributed by atoms with Gasteiger partial charge >= 0.3 is 0 Å². The first-order valence-corrected chi connectivity index (χ1v) is 7.83. The Bertz CT molecular complexity index is 328. The maximum absolute atomic E-state index is 12.6. The maximum atomic E-state index is 12.6. The molecule has 0 aromatic rings. The van der Waals surface area contributed by atoms with E-state index in [-0.39, 0.29) is 6.10 Å². The molecule has 1 saturated carbocycles. The fourth-order valence-electron chi connectivity index (χ4n) is 3.84. The van der Waals surface area contributed by atoms with Crippen molar-refractivity contribution in [2.45, 2.75) is 38.2 Å². The summed E-state index contributed by atoms with van der Waals surface area (Å²) in [5.41, 5.74) is 0. The topological polar surface area (TPSA) is 32.8 Å². The minimum atomic E-state index is 0.275. The smallest absolute Gasteiger partial charge is 0.225 e. The van der Waals surface area contributed by atoms with Crippen molar-refractivity contribution < 1.29 is 9.53 Å². The van der Waals surface area contributed by atoms with Crippen LogP contribution in [-0.2, 0) is 9.53 Å². The molecule has 0 radical (unpaired) electrons. The van der Waals surface area contributed by atoms with Crippen molar-refractivity contribution in [1.82, 2.24) is 9.80 Å². The monoisotopic (exact) mass is 266 g/mol. The molecule has 19 heavy (non-hydrogen) atoms. The van der Waals surface area contributed by atoms with Crippen LogP contribution in [0.3, 0.4) is 0 Å². The Balaban J connectivity index is 1.59. The van der Waals surface area contributed by atoms with Gasteiger partial charge in [-0.15, -0.1) is 0 Å².